The van der Waals surface area contributed by atoms with Gasteiger partial charge >= 0.3 is 0 Å². The number of aliphatic hydroxyl groups is 1. The fourth-order valence-electron chi connectivity index (χ4n) is 2.09. The van der Waals surface area contributed by atoms with Crippen LogP contribution in [-0.4, -0.2) is 10.1 Å². The Morgan fingerprint density at radius 2 is 1.89 bits per heavy atom. The molecule has 0 radical (unpaired) electrons. The molecule has 0 fully saturated rings. The van der Waals surface area contributed by atoms with Crippen molar-refractivity contribution in [3.63, 3.8) is 0 Å². The van der Waals surface area contributed by atoms with Gasteiger partial charge in [0.25, 0.3) is 0 Å². The van der Waals surface area contributed by atoms with E-state index in [0.29, 0.717) is 16.5 Å². The molecule has 1 heterocycles. The second-order valence-electron chi connectivity index (χ2n) is 4.35. The molecule has 1 atom stereocenters. The van der Waals surface area contributed by atoms with Gasteiger partial charge < -0.3 is 5.11 Å². The number of halogens is 2. The Morgan fingerprint density at radius 1 is 1.21 bits per heavy atom. The minimum Gasteiger partial charge on any atom is -0.388 e. The van der Waals surface area contributed by atoms with Crippen molar-refractivity contribution in [1.29, 1.82) is 0 Å². The monoisotopic (exact) mass is 295 g/mol. The van der Waals surface area contributed by atoms with Gasteiger partial charge in [0.2, 0.25) is 0 Å². The first-order chi connectivity index (χ1) is 9.13. The number of benzene rings is 1. The summed E-state index contributed by atoms with van der Waals surface area (Å²) < 4.78 is 0. The lowest BCUT2D eigenvalue weighted by molar-refractivity contribution is 0.177. The van der Waals surface area contributed by atoms with Gasteiger partial charge in [0.15, 0.2) is 0 Å². The van der Waals surface area contributed by atoms with Crippen molar-refractivity contribution in [2.75, 3.05) is 0 Å². The standard InChI is InChI=1S/C15H15Cl2NO/c1-2-10-9-18-7-6-11(10)15(19)8-12-13(16)4-3-5-14(12)17/h3-7,9,15,19H,2,8H2,1H3. The van der Waals surface area contributed by atoms with E-state index in [-0.39, 0.29) is 0 Å². The number of nitrogens with zero attached hydrogens (tertiary/aromatic N) is 1. The van der Waals surface area contributed by atoms with Crippen molar-refractivity contribution in [2.45, 2.75) is 25.9 Å². The van der Waals surface area contributed by atoms with Crippen LogP contribution in [-0.2, 0) is 12.8 Å². The number of pyridine rings is 1. The third-order valence-corrected chi connectivity index (χ3v) is 3.85. The first-order valence-corrected chi connectivity index (χ1v) is 6.92. The van der Waals surface area contributed by atoms with Gasteiger partial charge in [0.1, 0.15) is 0 Å². The van der Waals surface area contributed by atoms with E-state index < -0.39 is 6.10 Å². The van der Waals surface area contributed by atoms with Crippen molar-refractivity contribution < 1.29 is 5.11 Å². The van der Waals surface area contributed by atoms with Gasteiger partial charge in [-0.15, -0.1) is 0 Å². The van der Waals surface area contributed by atoms with Crippen molar-refractivity contribution in [1.82, 2.24) is 4.98 Å². The quantitative estimate of drug-likeness (QED) is 0.916. The van der Waals surface area contributed by atoms with E-state index in [9.17, 15) is 5.11 Å². The highest BCUT2D eigenvalue weighted by atomic mass is 35.5. The van der Waals surface area contributed by atoms with Crippen LogP contribution in [0.15, 0.2) is 36.7 Å². The second kappa shape index (κ2) is 6.38. The average Bonchev–Trinajstić information content (AvgIpc) is 2.42. The first-order valence-electron chi connectivity index (χ1n) is 6.17. The normalized spacial score (nSPS) is 12.4. The lowest BCUT2D eigenvalue weighted by atomic mass is 9.97. The van der Waals surface area contributed by atoms with Crippen LogP contribution < -0.4 is 0 Å². The molecule has 0 aliphatic carbocycles. The molecule has 0 saturated carbocycles. The molecule has 19 heavy (non-hydrogen) atoms. The largest absolute Gasteiger partial charge is 0.388 e. The molecule has 1 aromatic heterocycles. The van der Waals surface area contributed by atoms with Gasteiger partial charge in [-0.3, -0.25) is 4.98 Å². The van der Waals surface area contributed by atoms with E-state index >= 15 is 0 Å². The molecule has 2 aromatic rings. The molecule has 0 bridgehead atoms. The molecule has 0 amide bonds. The van der Waals surface area contributed by atoms with Gasteiger partial charge in [-0.25, -0.2) is 0 Å². The maximum Gasteiger partial charge on any atom is 0.0835 e. The predicted molar refractivity (Wildman–Crippen MR) is 78.7 cm³/mol. The molecule has 100 valence electrons. The fourth-order valence-corrected chi connectivity index (χ4v) is 2.64. The lowest BCUT2D eigenvalue weighted by Crippen LogP contribution is -2.06. The molecule has 0 aliphatic rings. The van der Waals surface area contributed by atoms with Gasteiger partial charge in [-0.2, -0.15) is 0 Å². The molecule has 2 rings (SSSR count). The van der Waals surface area contributed by atoms with Gasteiger partial charge in [-0.1, -0.05) is 36.2 Å². The molecule has 0 saturated heterocycles. The summed E-state index contributed by atoms with van der Waals surface area (Å²) >= 11 is 12.3. The Bertz CT molecular complexity index is 552. The molecule has 1 unspecified atom stereocenters. The minimum absolute atomic E-state index is 0.398. The van der Waals surface area contributed by atoms with Crippen LogP contribution in [0.3, 0.4) is 0 Å². The summed E-state index contributed by atoms with van der Waals surface area (Å²) in [5.74, 6) is 0. The van der Waals surface area contributed by atoms with E-state index in [2.05, 4.69) is 4.98 Å². The fraction of sp³-hybridized carbons (Fsp3) is 0.267. The third kappa shape index (κ3) is 3.27. The zero-order chi connectivity index (χ0) is 13.8. The summed E-state index contributed by atoms with van der Waals surface area (Å²) in [7, 11) is 0. The van der Waals surface area contributed by atoms with E-state index in [1.54, 1.807) is 30.6 Å². The van der Waals surface area contributed by atoms with Crippen LogP contribution in [0.25, 0.3) is 0 Å². The Morgan fingerprint density at radius 3 is 2.53 bits per heavy atom. The van der Waals surface area contributed by atoms with Crippen molar-refractivity contribution in [3.05, 3.63) is 63.4 Å². The van der Waals surface area contributed by atoms with Crippen molar-refractivity contribution in [3.8, 4) is 0 Å². The Hall–Kier alpha value is -1.09. The highest BCUT2D eigenvalue weighted by Gasteiger charge is 2.15. The van der Waals surface area contributed by atoms with E-state index in [4.69, 9.17) is 23.2 Å². The SMILES string of the molecule is CCc1cnccc1C(O)Cc1c(Cl)cccc1Cl. The lowest BCUT2D eigenvalue weighted by Gasteiger charge is -2.16. The Labute approximate surface area is 123 Å². The zero-order valence-corrected chi connectivity index (χ0v) is 12.1. The average molecular weight is 296 g/mol. The summed E-state index contributed by atoms with van der Waals surface area (Å²) in [5, 5.41) is 11.6. The summed E-state index contributed by atoms with van der Waals surface area (Å²) in [6, 6.07) is 7.20. The number of rotatable bonds is 4. The molecule has 1 N–H and O–H groups in total. The van der Waals surface area contributed by atoms with Crippen LogP contribution in [0.2, 0.25) is 10.0 Å². The highest BCUT2D eigenvalue weighted by molar-refractivity contribution is 6.36. The number of aromatic nitrogens is 1. The third-order valence-electron chi connectivity index (χ3n) is 3.14. The highest BCUT2D eigenvalue weighted by Crippen LogP contribution is 2.30. The molecule has 1 aromatic carbocycles. The van der Waals surface area contributed by atoms with Gasteiger partial charge in [0, 0.05) is 28.9 Å². The van der Waals surface area contributed by atoms with Crippen molar-refractivity contribution in [2.24, 2.45) is 0 Å². The van der Waals surface area contributed by atoms with E-state index in [0.717, 1.165) is 23.1 Å². The van der Waals surface area contributed by atoms with E-state index in [1.165, 1.54) is 0 Å². The van der Waals surface area contributed by atoms with Crippen molar-refractivity contribution >= 4 is 23.2 Å². The smallest absolute Gasteiger partial charge is 0.0835 e. The minimum atomic E-state index is -0.629. The van der Waals surface area contributed by atoms with Crippen LogP contribution in [0.1, 0.15) is 29.7 Å². The maximum atomic E-state index is 10.4. The number of aliphatic hydroxyl groups excluding tert-OH is 1. The summed E-state index contributed by atoms with van der Waals surface area (Å²) in [6.45, 7) is 2.04. The van der Waals surface area contributed by atoms with Gasteiger partial charge in [-0.05, 0) is 41.3 Å². The summed E-state index contributed by atoms with van der Waals surface area (Å²) in [5.41, 5.74) is 2.70. The number of aryl methyl sites for hydroxylation is 1. The summed E-state index contributed by atoms with van der Waals surface area (Å²) in [4.78, 5) is 4.08. The maximum absolute atomic E-state index is 10.4. The van der Waals surface area contributed by atoms with Crippen LogP contribution in [0.5, 0.6) is 0 Å². The summed E-state index contributed by atoms with van der Waals surface area (Å²) in [6.07, 6.45) is 4.07. The first kappa shape index (κ1) is 14.3. The number of hydrogen-bond acceptors (Lipinski definition) is 2. The molecular weight excluding hydrogens is 281 g/mol. The topological polar surface area (TPSA) is 33.1 Å². The zero-order valence-electron chi connectivity index (χ0n) is 10.6. The van der Waals surface area contributed by atoms with Crippen LogP contribution in [0.4, 0.5) is 0 Å². The van der Waals surface area contributed by atoms with Gasteiger partial charge in [0.05, 0.1) is 6.10 Å². The molecule has 0 aliphatic heterocycles. The second-order valence-corrected chi connectivity index (χ2v) is 5.16. The van der Waals surface area contributed by atoms with Crippen LogP contribution >= 0.6 is 23.2 Å². The molecule has 4 heteroatoms. The van der Waals surface area contributed by atoms with Crippen LogP contribution in [0, 0.1) is 0 Å². The van der Waals surface area contributed by atoms with E-state index in [1.807, 2.05) is 13.0 Å². The Balaban J connectivity index is 2.28. The molecule has 0 spiro atoms. The molecule has 2 nitrogen and oxygen atoms in total. The molecular formula is C15H15Cl2NO. The Kier molecular flexibility index (Phi) is 4.81. The predicted octanol–water partition coefficient (Wildman–Crippen LogP) is 4.23. The number of hydrogen-bond donors (Lipinski definition) is 1.